The van der Waals surface area contributed by atoms with E-state index in [4.69, 9.17) is 11.0 Å². The van der Waals surface area contributed by atoms with Crippen molar-refractivity contribution in [1.29, 1.82) is 5.26 Å². The Morgan fingerprint density at radius 2 is 1.71 bits per heavy atom. The van der Waals surface area contributed by atoms with Crippen molar-refractivity contribution in [1.82, 2.24) is 0 Å². The van der Waals surface area contributed by atoms with Crippen LogP contribution in [0, 0.1) is 18.3 Å². The zero-order valence-electron chi connectivity index (χ0n) is 9.47. The molecule has 3 heteroatoms. The fourth-order valence-corrected chi connectivity index (χ4v) is 2.36. The molecule has 0 fully saturated rings. The van der Waals surface area contributed by atoms with Crippen molar-refractivity contribution in [2.24, 2.45) is 0 Å². The molecule has 0 aromatic heterocycles. The molecule has 0 spiro atoms. The first-order valence-electron chi connectivity index (χ1n) is 5.23. The molecule has 0 atom stereocenters. The Balaban J connectivity index is 2.20. The fourth-order valence-electron chi connectivity index (χ4n) is 1.45. The molecule has 0 saturated carbocycles. The van der Waals surface area contributed by atoms with Crippen LogP contribution in [-0.2, 0) is 0 Å². The number of nitriles is 1. The van der Waals surface area contributed by atoms with Gasteiger partial charge in [0.25, 0.3) is 0 Å². The predicted octanol–water partition coefficient (Wildman–Crippen LogP) is 3.60. The van der Waals surface area contributed by atoms with E-state index in [-0.39, 0.29) is 0 Å². The summed E-state index contributed by atoms with van der Waals surface area (Å²) in [5.74, 6) is 0. The average Bonchev–Trinajstić information content (AvgIpc) is 2.35. The topological polar surface area (TPSA) is 49.8 Å². The number of hydrogen-bond donors (Lipinski definition) is 1. The van der Waals surface area contributed by atoms with Gasteiger partial charge >= 0.3 is 0 Å². The van der Waals surface area contributed by atoms with Crippen LogP contribution in [0.2, 0.25) is 0 Å². The fraction of sp³-hybridized carbons (Fsp3) is 0.0714. The van der Waals surface area contributed by atoms with Gasteiger partial charge in [-0.05, 0) is 55.0 Å². The molecule has 2 nitrogen and oxygen atoms in total. The molecular formula is C14H12N2S. The van der Waals surface area contributed by atoms with Crippen LogP contribution in [-0.4, -0.2) is 0 Å². The molecule has 0 aliphatic rings. The van der Waals surface area contributed by atoms with E-state index >= 15 is 0 Å². The minimum Gasteiger partial charge on any atom is -0.399 e. The van der Waals surface area contributed by atoms with Crippen molar-refractivity contribution in [3.8, 4) is 6.07 Å². The maximum absolute atomic E-state index is 8.71. The van der Waals surface area contributed by atoms with Crippen LogP contribution in [0.3, 0.4) is 0 Å². The van der Waals surface area contributed by atoms with E-state index in [1.807, 2.05) is 43.3 Å². The molecule has 0 aliphatic heterocycles. The molecule has 0 saturated heterocycles. The van der Waals surface area contributed by atoms with E-state index in [0.717, 1.165) is 21.0 Å². The Labute approximate surface area is 105 Å². The van der Waals surface area contributed by atoms with Crippen molar-refractivity contribution < 1.29 is 0 Å². The molecule has 17 heavy (non-hydrogen) atoms. The van der Waals surface area contributed by atoms with Gasteiger partial charge in [0.2, 0.25) is 0 Å². The highest BCUT2D eigenvalue weighted by Gasteiger charge is 2.00. The van der Waals surface area contributed by atoms with Crippen LogP contribution in [0.25, 0.3) is 0 Å². The summed E-state index contributed by atoms with van der Waals surface area (Å²) in [6.07, 6.45) is 0. The van der Waals surface area contributed by atoms with Crippen LogP contribution < -0.4 is 5.73 Å². The Hall–Kier alpha value is -1.92. The largest absolute Gasteiger partial charge is 0.399 e. The lowest BCUT2D eigenvalue weighted by Crippen LogP contribution is -1.88. The second kappa shape index (κ2) is 4.94. The van der Waals surface area contributed by atoms with Gasteiger partial charge in [-0.15, -0.1) is 0 Å². The van der Waals surface area contributed by atoms with Gasteiger partial charge in [0, 0.05) is 15.5 Å². The van der Waals surface area contributed by atoms with Crippen molar-refractivity contribution in [3.63, 3.8) is 0 Å². The van der Waals surface area contributed by atoms with Crippen LogP contribution in [0.5, 0.6) is 0 Å². The third-order valence-corrected chi connectivity index (χ3v) is 3.46. The van der Waals surface area contributed by atoms with E-state index in [1.54, 1.807) is 11.8 Å². The summed E-state index contributed by atoms with van der Waals surface area (Å²) >= 11 is 1.66. The molecule has 0 unspecified atom stereocenters. The van der Waals surface area contributed by atoms with E-state index in [0.29, 0.717) is 5.56 Å². The lowest BCUT2D eigenvalue weighted by molar-refractivity contribution is 1.34. The first-order chi connectivity index (χ1) is 8.19. The Bertz CT molecular complexity index is 568. The zero-order chi connectivity index (χ0) is 12.3. The van der Waals surface area contributed by atoms with Crippen molar-refractivity contribution in [3.05, 3.63) is 53.6 Å². The number of nitrogen functional groups attached to an aromatic ring is 1. The summed E-state index contributed by atoms with van der Waals surface area (Å²) in [5.41, 5.74) is 8.36. The number of nitrogens with two attached hydrogens (primary N) is 1. The van der Waals surface area contributed by atoms with Gasteiger partial charge in [-0.1, -0.05) is 11.8 Å². The van der Waals surface area contributed by atoms with E-state index in [9.17, 15) is 0 Å². The molecule has 0 amide bonds. The molecule has 2 aromatic carbocycles. The number of benzene rings is 2. The molecular weight excluding hydrogens is 228 g/mol. The lowest BCUT2D eigenvalue weighted by atomic mass is 10.2. The number of anilines is 1. The third kappa shape index (κ3) is 2.80. The van der Waals surface area contributed by atoms with Gasteiger partial charge in [0.1, 0.15) is 0 Å². The van der Waals surface area contributed by atoms with Crippen LogP contribution in [0.4, 0.5) is 5.69 Å². The van der Waals surface area contributed by atoms with Gasteiger partial charge in [-0.2, -0.15) is 5.26 Å². The number of aryl methyl sites for hydroxylation is 1. The molecule has 0 radical (unpaired) electrons. The third-order valence-electron chi connectivity index (χ3n) is 2.46. The Morgan fingerprint density at radius 1 is 1.06 bits per heavy atom. The molecule has 0 aliphatic carbocycles. The molecule has 0 bridgehead atoms. The van der Waals surface area contributed by atoms with E-state index in [1.165, 1.54) is 0 Å². The highest BCUT2D eigenvalue weighted by atomic mass is 32.2. The summed E-state index contributed by atoms with van der Waals surface area (Å²) < 4.78 is 0. The molecule has 84 valence electrons. The Kier molecular flexibility index (Phi) is 3.36. The molecule has 2 N–H and O–H groups in total. The minimum absolute atomic E-state index is 0.683. The summed E-state index contributed by atoms with van der Waals surface area (Å²) in [5, 5.41) is 8.71. The summed E-state index contributed by atoms with van der Waals surface area (Å²) in [4.78, 5) is 2.27. The quantitative estimate of drug-likeness (QED) is 0.816. The SMILES string of the molecule is Cc1cc(Sc2ccc(C#N)cc2)ccc1N. The standard InChI is InChI=1S/C14H12N2S/c1-10-8-13(6-7-14(10)16)17-12-4-2-11(9-15)3-5-12/h2-8H,16H2,1H3. The maximum Gasteiger partial charge on any atom is 0.0991 e. The number of nitrogens with zero attached hydrogens (tertiary/aromatic N) is 1. The van der Waals surface area contributed by atoms with Gasteiger partial charge in [-0.3, -0.25) is 0 Å². The van der Waals surface area contributed by atoms with Crippen LogP contribution in [0.15, 0.2) is 52.3 Å². The van der Waals surface area contributed by atoms with Gasteiger partial charge < -0.3 is 5.73 Å². The normalized spacial score (nSPS) is 9.88. The van der Waals surface area contributed by atoms with E-state index in [2.05, 4.69) is 12.1 Å². The molecule has 0 heterocycles. The zero-order valence-corrected chi connectivity index (χ0v) is 10.3. The minimum atomic E-state index is 0.683. The lowest BCUT2D eigenvalue weighted by Gasteiger charge is -2.05. The molecule has 2 aromatic rings. The first kappa shape index (κ1) is 11.6. The van der Waals surface area contributed by atoms with Gasteiger partial charge in [-0.25, -0.2) is 0 Å². The van der Waals surface area contributed by atoms with Gasteiger partial charge in [0.15, 0.2) is 0 Å². The highest BCUT2D eigenvalue weighted by Crippen LogP contribution is 2.29. The molecule has 2 rings (SSSR count). The van der Waals surface area contributed by atoms with Crippen molar-refractivity contribution >= 4 is 17.4 Å². The predicted molar refractivity (Wildman–Crippen MR) is 70.9 cm³/mol. The van der Waals surface area contributed by atoms with Crippen LogP contribution in [0.1, 0.15) is 11.1 Å². The first-order valence-corrected chi connectivity index (χ1v) is 6.05. The number of hydrogen-bond acceptors (Lipinski definition) is 3. The maximum atomic E-state index is 8.71. The average molecular weight is 240 g/mol. The van der Waals surface area contributed by atoms with E-state index < -0.39 is 0 Å². The summed E-state index contributed by atoms with van der Waals surface area (Å²) in [7, 11) is 0. The van der Waals surface area contributed by atoms with Crippen molar-refractivity contribution in [2.75, 3.05) is 5.73 Å². The summed E-state index contributed by atoms with van der Waals surface area (Å²) in [6, 6.07) is 15.7. The van der Waals surface area contributed by atoms with Crippen molar-refractivity contribution in [2.45, 2.75) is 16.7 Å². The Morgan fingerprint density at radius 3 is 2.29 bits per heavy atom. The second-order valence-corrected chi connectivity index (χ2v) is 4.90. The number of rotatable bonds is 2. The summed E-state index contributed by atoms with van der Waals surface area (Å²) in [6.45, 7) is 2.00. The smallest absolute Gasteiger partial charge is 0.0991 e. The second-order valence-electron chi connectivity index (χ2n) is 3.76. The van der Waals surface area contributed by atoms with Crippen LogP contribution >= 0.6 is 11.8 Å². The highest BCUT2D eigenvalue weighted by molar-refractivity contribution is 7.99. The monoisotopic (exact) mass is 240 g/mol. The van der Waals surface area contributed by atoms with Gasteiger partial charge in [0.05, 0.1) is 11.6 Å².